The molecule has 4 aromatic carbocycles. The van der Waals surface area contributed by atoms with E-state index in [4.69, 9.17) is 0 Å². The molecule has 5 aromatic rings. The van der Waals surface area contributed by atoms with Crippen LogP contribution in [-0.2, 0) is 9.59 Å². The van der Waals surface area contributed by atoms with Gasteiger partial charge in [-0.3, -0.25) is 9.59 Å². The molecule has 0 aliphatic rings. The lowest BCUT2D eigenvalue weighted by atomic mass is 10.1. The predicted molar refractivity (Wildman–Crippen MR) is 137 cm³/mol. The number of halogens is 1. The Morgan fingerprint density at radius 3 is 2.36 bits per heavy atom. The second kappa shape index (κ2) is 10.0. The van der Waals surface area contributed by atoms with E-state index in [2.05, 4.69) is 20.9 Å². The highest BCUT2D eigenvalue weighted by Gasteiger charge is 2.15. The first kappa shape index (κ1) is 22.7. The van der Waals surface area contributed by atoms with Crippen LogP contribution < -0.4 is 10.7 Å². The summed E-state index contributed by atoms with van der Waals surface area (Å²) in [6.07, 6.45) is 3.13. The fourth-order valence-corrected chi connectivity index (χ4v) is 3.75. The molecule has 0 saturated heterocycles. The molecule has 8 heteroatoms. The van der Waals surface area contributed by atoms with Gasteiger partial charge >= 0.3 is 11.8 Å². The Kier molecular flexibility index (Phi) is 6.31. The van der Waals surface area contributed by atoms with E-state index in [1.54, 1.807) is 35.1 Å². The van der Waals surface area contributed by atoms with Crippen LogP contribution in [0.5, 0.6) is 0 Å². The molecule has 0 unspecified atom stereocenters. The number of nitrogens with one attached hydrogen (secondary N) is 2. The normalized spacial score (nSPS) is 11.0. The highest BCUT2D eigenvalue weighted by atomic mass is 19.1. The van der Waals surface area contributed by atoms with E-state index in [1.807, 2.05) is 60.7 Å². The topological polar surface area (TPSA) is 88.4 Å². The molecule has 0 radical (unpaired) electrons. The van der Waals surface area contributed by atoms with E-state index in [9.17, 15) is 14.0 Å². The van der Waals surface area contributed by atoms with Crippen LogP contribution in [0.1, 0.15) is 5.56 Å². The summed E-state index contributed by atoms with van der Waals surface area (Å²) in [5, 5.41) is 13.0. The molecular weight excluding hydrogens is 457 g/mol. The lowest BCUT2D eigenvalue weighted by Gasteiger charge is -2.07. The Morgan fingerprint density at radius 1 is 0.833 bits per heavy atom. The Bertz CT molecular complexity index is 1570. The number of hydrogen-bond donors (Lipinski definition) is 2. The van der Waals surface area contributed by atoms with Crippen LogP contribution in [0.15, 0.2) is 108 Å². The molecule has 7 nitrogen and oxygen atoms in total. The van der Waals surface area contributed by atoms with Crippen LogP contribution in [0.3, 0.4) is 0 Å². The molecule has 1 heterocycles. The zero-order valence-corrected chi connectivity index (χ0v) is 18.9. The van der Waals surface area contributed by atoms with Crippen molar-refractivity contribution in [1.29, 1.82) is 0 Å². The van der Waals surface area contributed by atoms with Crippen LogP contribution in [0, 0.1) is 5.82 Å². The fraction of sp³-hybridized carbons (Fsp3) is 0. The molecule has 0 saturated carbocycles. The first-order chi connectivity index (χ1) is 17.6. The number of amides is 2. The number of aromatic nitrogens is 2. The van der Waals surface area contributed by atoms with Gasteiger partial charge in [0.25, 0.3) is 0 Å². The summed E-state index contributed by atoms with van der Waals surface area (Å²) in [4.78, 5) is 24.9. The largest absolute Gasteiger partial charge is 0.329 e. The molecule has 0 fully saturated rings. The van der Waals surface area contributed by atoms with Gasteiger partial charge in [0.15, 0.2) is 0 Å². The van der Waals surface area contributed by atoms with Crippen molar-refractivity contribution in [3.05, 3.63) is 115 Å². The van der Waals surface area contributed by atoms with Crippen LogP contribution in [-0.4, -0.2) is 27.8 Å². The minimum Gasteiger partial charge on any atom is -0.317 e. The number of carbonyl (C=O) groups is 2. The maximum absolute atomic E-state index is 13.4. The van der Waals surface area contributed by atoms with Crippen molar-refractivity contribution < 1.29 is 14.0 Å². The average Bonchev–Trinajstić information content (AvgIpc) is 3.34. The third-order valence-corrected chi connectivity index (χ3v) is 5.49. The highest BCUT2D eigenvalue weighted by Crippen LogP contribution is 2.24. The maximum atomic E-state index is 13.4. The number of para-hydroxylation sites is 1. The van der Waals surface area contributed by atoms with E-state index in [0.717, 1.165) is 16.5 Å². The quantitative estimate of drug-likeness (QED) is 0.214. The molecule has 0 bridgehead atoms. The van der Waals surface area contributed by atoms with E-state index in [1.165, 1.54) is 18.3 Å². The van der Waals surface area contributed by atoms with E-state index in [-0.39, 0.29) is 5.82 Å². The standard InChI is InChI=1S/C28H20FN5O2/c29-22-15-13-20(14-16-22)26-21(18-34(33-26)23-9-2-1-3-10-23)17-30-32-28(36)27(35)31-25-12-6-8-19-7-4-5-11-24(19)25/h1-18H,(H,31,35)(H,32,36)/b30-17-. The van der Waals surface area contributed by atoms with Crippen LogP contribution in [0.2, 0.25) is 0 Å². The Labute approximate surface area is 205 Å². The number of hydrogen-bond acceptors (Lipinski definition) is 4. The van der Waals surface area contributed by atoms with Crippen molar-refractivity contribution in [1.82, 2.24) is 15.2 Å². The van der Waals surface area contributed by atoms with Crippen molar-refractivity contribution >= 4 is 34.5 Å². The molecule has 1 aromatic heterocycles. The maximum Gasteiger partial charge on any atom is 0.329 e. The number of benzene rings is 4. The number of rotatable bonds is 5. The number of fused-ring (bicyclic) bond motifs is 1. The van der Waals surface area contributed by atoms with Gasteiger partial charge in [-0.1, -0.05) is 54.6 Å². The summed E-state index contributed by atoms with van der Waals surface area (Å²) in [6.45, 7) is 0. The lowest BCUT2D eigenvalue weighted by molar-refractivity contribution is -0.136. The first-order valence-electron chi connectivity index (χ1n) is 11.1. The summed E-state index contributed by atoms with van der Waals surface area (Å²) in [7, 11) is 0. The molecule has 0 aliphatic carbocycles. The molecular formula is C28H20FN5O2. The zero-order chi connectivity index (χ0) is 24.9. The smallest absolute Gasteiger partial charge is 0.317 e. The molecule has 0 atom stereocenters. The van der Waals surface area contributed by atoms with Gasteiger partial charge in [-0.15, -0.1) is 0 Å². The average molecular weight is 477 g/mol. The Balaban J connectivity index is 1.35. The summed E-state index contributed by atoms with van der Waals surface area (Å²) in [5.41, 5.74) is 5.39. The van der Waals surface area contributed by atoms with Crippen LogP contribution in [0.25, 0.3) is 27.7 Å². The predicted octanol–water partition coefficient (Wildman–Crippen LogP) is 4.92. The molecule has 5 rings (SSSR count). The summed E-state index contributed by atoms with van der Waals surface area (Å²) in [6, 6.07) is 28.4. The second-order valence-corrected chi connectivity index (χ2v) is 7.90. The molecule has 2 amide bonds. The number of anilines is 1. The van der Waals surface area contributed by atoms with Crippen molar-refractivity contribution in [2.45, 2.75) is 0 Å². The van der Waals surface area contributed by atoms with Crippen molar-refractivity contribution in [2.24, 2.45) is 5.10 Å². The van der Waals surface area contributed by atoms with Gasteiger partial charge in [0, 0.05) is 28.4 Å². The SMILES string of the molecule is O=C(N/N=C\c1cn(-c2ccccc2)nc1-c1ccc(F)cc1)C(=O)Nc1cccc2ccccc12. The Morgan fingerprint density at radius 2 is 1.56 bits per heavy atom. The number of nitrogens with zero attached hydrogens (tertiary/aromatic N) is 3. The molecule has 0 spiro atoms. The minimum atomic E-state index is -0.919. The minimum absolute atomic E-state index is 0.360. The summed E-state index contributed by atoms with van der Waals surface area (Å²) in [5.74, 6) is -2.12. The van der Waals surface area contributed by atoms with Gasteiger partial charge in [0.1, 0.15) is 11.5 Å². The molecule has 36 heavy (non-hydrogen) atoms. The summed E-state index contributed by atoms with van der Waals surface area (Å²) < 4.78 is 15.1. The van der Waals surface area contributed by atoms with Gasteiger partial charge in [-0.2, -0.15) is 10.2 Å². The van der Waals surface area contributed by atoms with Gasteiger partial charge in [-0.05, 0) is 47.9 Å². The Hall–Kier alpha value is -5.11. The van der Waals surface area contributed by atoms with Gasteiger partial charge in [-0.25, -0.2) is 14.5 Å². The fourth-order valence-electron chi connectivity index (χ4n) is 3.75. The van der Waals surface area contributed by atoms with E-state index in [0.29, 0.717) is 22.5 Å². The number of carbonyl (C=O) groups excluding carboxylic acids is 2. The van der Waals surface area contributed by atoms with E-state index < -0.39 is 11.8 Å². The lowest BCUT2D eigenvalue weighted by Crippen LogP contribution is -2.32. The van der Waals surface area contributed by atoms with E-state index >= 15 is 0 Å². The van der Waals surface area contributed by atoms with Crippen LogP contribution in [0.4, 0.5) is 10.1 Å². The molecule has 2 N–H and O–H groups in total. The number of hydrazone groups is 1. The van der Waals surface area contributed by atoms with Crippen molar-refractivity contribution in [3.8, 4) is 16.9 Å². The zero-order valence-electron chi connectivity index (χ0n) is 18.9. The third-order valence-electron chi connectivity index (χ3n) is 5.49. The first-order valence-corrected chi connectivity index (χ1v) is 11.1. The highest BCUT2D eigenvalue weighted by molar-refractivity contribution is 6.40. The van der Waals surface area contributed by atoms with Gasteiger partial charge in [0.05, 0.1) is 11.9 Å². The van der Waals surface area contributed by atoms with Crippen LogP contribution >= 0.6 is 0 Å². The third kappa shape index (κ3) is 4.88. The van der Waals surface area contributed by atoms with Gasteiger partial charge in [0.2, 0.25) is 0 Å². The van der Waals surface area contributed by atoms with Gasteiger partial charge < -0.3 is 5.32 Å². The van der Waals surface area contributed by atoms with Crippen molar-refractivity contribution in [3.63, 3.8) is 0 Å². The molecule has 176 valence electrons. The van der Waals surface area contributed by atoms with Crippen molar-refractivity contribution in [2.75, 3.05) is 5.32 Å². The monoisotopic (exact) mass is 477 g/mol. The second-order valence-electron chi connectivity index (χ2n) is 7.90. The summed E-state index contributed by atoms with van der Waals surface area (Å²) >= 11 is 0. The molecule has 0 aliphatic heterocycles.